The van der Waals surface area contributed by atoms with E-state index in [1.165, 1.54) is 17.3 Å². The largest absolute Gasteiger partial charge is 0.392 e. The van der Waals surface area contributed by atoms with E-state index in [1.807, 2.05) is 67.6 Å². The van der Waals surface area contributed by atoms with Crippen molar-refractivity contribution in [2.45, 2.75) is 35.9 Å². The van der Waals surface area contributed by atoms with E-state index in [2.05, 4.69) is 47.8 Å². The van der Waals surface area contributed by atoms with Gasteiger partial charge in [0.15, 0.2) is 0 Å². The number of thioether (sulfide) groups is 1. The van der Waals surface area contributed by atoms with Crippen molar-refractivity contribution < 1.29 is 14.7 Å². The molecule has 2 unspecified atom stereocenters. The van der Waals surface area contributed by atoms with Crippen molar-refractivity contribution in [3.63, 3.8) is 0 Å². The predicted molar refractivity (Wildman–Crippen MR) is 126 cm³/mol. The Labute approximate surface area is 190 Å². The summed E-state index contributed by atoms with van der Waals surface area (Å²) in [5.41, 5.74) is 2.15. The predicted octanol–water partition coefficient (Wildman–Crippen LogP) is 6.10. The van der Waals surface area contributed by atoms with Gasteiger partial charge >= 0.3 is 0 Å². The molecule has 0 amide bonds. The second-order valence-corrected chi connectivity index (χ2v) is 9.78. The highest BCUT2D eigenvalue weighted by atomic mass is 79.9. The van der Waals surface area contributed by atoms with Crippen LogP contribution in [0, 0.1) is 0 Å². The molecule has 148 valence electrons. The second kappa shape index (κ2) is 16.5. The van der Waals surface area contributed by atoms with Gasteiger partial charge in [-0.2, -0.15) is 0 Å². The number of alkyl halides is 2. The minimum atomic E-state index is -0.0579. The number of aliphatic hydroxyl groups excluding tert-OH is 1. The van der Waals surface area contributed by atoms with Gasteiger partial charge in [-0.25, -0.2) is 0 Å². The number of hydrogen-bond acceptors (Lipinski definition) is 4. The summed E-state index contributed by atoms with van der Waals surface area (Å²) in [6.45, 7) is 3.75. The Hall–Kier alpha value is -0.470. The summed E-state index contributed by atoms with van der Waals surface area (Å²) in [5.74, 6) is 0.760. The maximum atomic E-state index is 11.2. The molecule has 7 heteroatoms. The highest BCUT2D eigenvalue weighted by Crippen LogP contribution is 2.17. The van der Waals surface area contributed by atoms with Gasteiger partial charge in [0.1, 0.15) is 0 Å². The molecule has 0 radical (unpaired) electrons. The summed E-state index contributed by atoms with van der Waals surface area (Å²) in [4.78, 5) is 21.1. The molecular weight excluding hydrogens is 560 g/mol. The van der Waals surface area contributed by atoms with E-state index in [-0.39, 0.29) is 26.1 Å². The average Bonchev–Trinajstić information content (AvgIpc) is 2.68. The molecule has 2 aromatic rings. The van der Waals surface area contributed by atoms with Crippen molar-refractivity contribution >= 4 is 69.4 Å². The Morgan fingerprint density at radius 3 is 1.59 bits per heavy atom. The smallest absolute Gasteiger partial charge is 0.211 e. The highest BCUT2D eigenvalue weighted by Gasteiger charge is 2.08. The van der Waals surface area contributed by atoms with E-state index in [0.717, 1.165) is 11.3 Å². The Kier molecular flexibility index (Phi) is 16.2. The summed E-state index contributed by atoms with van der Waals surface area (Å²) in [5, 5.41) is 8.72. The van der Waals surface area contributed by atoms with Crippen molar-refractivity contribution in [1.29, 1.82) is 0 Å². The van der Waals surface area contributed by atoms with Crippen LogP contribution in [0.3, 0.4) is 0 Å². The first kappa shape index (κ1) is 26.5. The maximum absolute atomic E-state index is 11.2. The van der Waals surface area contributed by atoms with Gasteiger partial charge in [-0.1, -0.05) is 104 Å². The number of carbonyl (C=O) groups is 2. The lowest BCUT2D eigenvalue weighted by molar-refractivity contribution is -0.110. The lowest BCUT2D eigenvalue weighted by Crippen LogP contribution is -2.04. The first-order valence-corrected chi connectivity index (χ1v) is 11.7. The van der Waals surface area contributed by atoms with Crippen LogP contribution in [-0.4, -0.2) is 24.6 Å². The van der Waals surface area contributed by atoms with Crippen LogP contribution in [0.2, 0.25) is 0 Å². The highest BCUT2D eigenvalue weighted by molar-refractivity contribution is 9.20. The molecule has 2 aromatic carbocycles. The Morgan fingerprint density at radius 1 is 0.889 bits per heavy atom. The maximum Gasteiger partial charge on any atom is 0.211 e. The molecule has 0 aliphatic carbocycles. The van der Waals surface area contributed by atoms with Crippen LogP contribution < -0.4 is 0 Å². The van der Waals surface area contributed by atoms with Gasteiger partial charge < -0.3 is 5.11 Å². The summed E-state index contributed by atoms with van der Waals surface area (Å²) in [7, 11) is 0. The number of rotatable bonds is 5. The van der Waals surface area contributed by atoms with Gasteiger partial charge in [0.25, 0.3) is 0 Å². The van der Waals surface area contributed by atoms with Gasteiger partial charge in [0.05, 0.1) is 16.3 Å². The molecule has 0 aliphatic heterocycles. The van der Waals surface area contributed by atoms with Crippen molar-refractivity contribution in [2.75, 3.05) is 0 Å². The standard InChI is InChI=1S/C10H11BrOS.C7H8O.C3H4Br2O/c1-8(11)10(12)13-7-9-5-3-2-4-6-9;8-6-7-4-2-1-3-5-7;1-2(4)3(5)6/h2-6,8H,7H2,1H3;1-5,8H,6H2;2H,1H3. The molecule has 2 atom stereocenters. The lowest BCUT2D eigenvalue weighted by Gasteiger charge is -2.01. The molecule has 0 aliphatic rings. The summed E-state index contributed by atoms with van der Waals surface area (Å²) in [6.07, 6.45) is 0. The zero-order chi connectivity index (χ0) is 20.7. The Bertz CT molecular complexity index is 650. The van der Waals surface area contributed by atoms with E-state index < -0.39 is 0 Å². The van der Waals surface area contributed by atoms with E-state index in [1.54, 1.807) is 6.92 Å². The zero-order valence-corrected chi connectivity index (χ0v) is 20.7. The van der Waals surface area contributed by atoms with Crippen LogP contribution in [0.5, 0.6) is 0 Å². The minimum absolute atomic E-state index is 0.0116. The molecule has 0 spiro atoms. The van der Waals surface area contributed by atoms with Crippen LogP contribution in [0.4, 0.5) is 0 Å². The van der Waals surface area contributed by atoms with Crippen LogP contribution in [0.15, 0.2) is 60.7 Å². The molecule has 27 heavy (non-hydrogen) atoms. The van der Waals surface area contributed by atoms with Crippen molar-refractivity contribution in [2.24, 2.45) is 0 Å². The Balaban J connectivity index is 0.000000413. The SMILES string of the molecule is CC(Br)C(=O)Br.CC(Br)C(=O)SCc1ccccc1.OCc1ccccc1. The quantitative estimate of drug-likeness (QED) is 0.342. The number of halogens is 3. The molecule has 0 fully saturated rings. The van der Waals surface area contributed by atoms with Crippen LogP contribution in [0.1, 0.15) is 25.0 Å². The summed E-state index contributed by atoms with van der Waals surface area (Å²) in [6, 6.07) is 19.5. The van der Waals surface area contributed by atoms with E-state index in [4.69, 9.17) is 5.11 Å². The molecule has 2 rings (SSSR count). The fourth-order valence-electron chi connectivity index (χ4n) is 1.43. The lowest BCUT2D eigenvalue weighted by atomic mass is 10.2. The fraction of sp³-hybridized carbons (Fsp3) is 0.300. The fourth-order valence-corrected chi connectivity index (χ4v) is 2.55. The average molecular weight is 583 g/mol. The van der Waals surface area contributed by atoms with Crippen molar-refractivity contribution in [3.05, 3.63) is 71.8 Å². The van der Waals surface area contributed by atoms with Gasteiger partial charge in [-0.3, -0.25) is 9.59 Å². The molecular formula is C20H23Br3O3S. The zero-order valence-electron chi connectivity index (χ0n) is 15.1. The van der Waals surface area contributed by atoms with Crippen molar-refractivity contribution in [3.8, 4) is 0 Å². The summed E-state index contributed by atoms with van der Waals surface area (Å²) >= 11 is 10.4. The number of hydrogen-bond donors (Lipinski definition) is 1. The second-order valence-electron chi connectivity index (χ2n) is 5.27. The monoisotopic (exact) mass is 580 g/mol. The molecule has 0 bridgehead atoms. The van der Waals surface area contributed by atoms with Gasteiger partial charge in [0.2, 0.25) is 9.81 Å². The first-order chi connectivity index (χ1) is 12.8. The van der Waals surface area contributed by atoms with Crippen LogP contribution in [-0.2, 0) is 21.9 Å². The molecule has 1 N–H and O–H groups in total. The molecule has 0 heterocycles. The topological polar surface area (TPSA) is 54.4 Å². The van der Waals surface area contributed by atoms with E-state index in [9.17, 15) is 9.59 Å². The third-order valence-corrected chi connectivity index (χ3v) is 6.44. The number of benzene rings is 2. The van der Waals surface area contributed by atoms with Crippen LogP contribution in [0.25, 0.3) is 0 Å². The molecule has 0 saturated carbocycles. The normalized spacial score (nSPS) is 11.8. The third kappa shape index (κ3) is 15.2. The van der Waals surface area contributed by atoms with E-state index >= 15 is 0 Å². The molecule has 0 saturated heterocycles. The van der Waals surface area contributed by atoms with Gasteiger partial charge in [-0.15, -0.1) is 0 Å². The van der Waals surface area contributed by atoms with E-state index in [0.29, 0.717) is 0 Å². The number of carbonyl (C=O) groups excluding carboxylic acids is 2. The van der Waals surface area contributed by atoms with Gasteiger partial charge in [0, 0.05) is 5.75 Å². The summed E-state index contributed by atoms with van der Waals surface area (Å²) < 4.78 is -0.0116. The van der Waals surface area contributed by atoms with Gasteiger partial charge in [-0.05, 0) is 40.9 Å². The van der Waals surface area contributed by atoms with Crippen LogP contribution >= 0.6 is 59.6 Å². The van der Waals surface area contributed by atoms with Crippen molar-refractivity contribution in [1.82, 2.24) is 0 Å². The minimum Gasteiger partial charge on any atom is -0.392 e. The molecule has 3 nitrogen and oxygen atoms in total. The first-order valence-electron chi connectivity index (χ1n) is 8.10. The number of aliphatic hydroxyl groups is 1. The molecule has 0 aromatic heterocycles. The third-order valence-electron chi connectivity index (χ3n) is 2.89. The Morgan fingerprint density at radius 2 is 1.30 bits per heavy atom.